The van der Waals surface area contributed by atoms with Crippen molar-refractivity contribution < 1.29 is 4.55 Å². The van der Waals surface area contributed by atoms with E-state index in [4.69, 9.17) is 0 Å². The van der Waals surface area contributed by atoms with Crippen molar-refractivity contribution in [3.63, 3.8) is 0 Å². The molecule has 3 atom stereocenters. The Balaban J connectivity index is 2.40. The van der Waals surface area contributed by atoms with Crippen LogP contribution in [0.2, 0.25) is 0 Å². The van der Waals surface area contributed by atoms with Crippen LogP contribution in [0.5, 0.6) is 0 Å². The summed E-state index contributed by atoms with van der Waals surface area (Å²) in [5, 5.41) is 0.0809. The summed E-state index contributed by atoms with van der Waals surface area (Å²) in [5.74, 6) is 0. The summed E-state index contributed by atoms with van der Waals surface area (Å²) in [5.41, 5.74) is 0.998. The molecule has 0 aromatic heterocycles. The number of benzene rings is 1. The van der Waals surface area contributed by atoms with Crippen LogP contribution in [0.25, 0.3) is 0 Å². The van der Waals surface area contributed by atoms with Gasteiger partial charge in [-0.2, -0.15) is 0 Å². The Morgan fingerprint density at radius 3 is 2.47 bits per heavy atom. The second kappa shape index (κ2) is 3.58. The summed E-state index contributed by atoms with van der Waals surface area (Å²) < 4.78 is 16.8. The van der Waals surface area contributed by atoms with Gasteiger partial charge in [0.25, 0.3) is 0 Å². The number of rotatable bonds is 2. The smallest absolute Gasteiger partial charge is 0.159 e. The highest BCUT2D eigenvalue weighted by Gasteiger charge is 2.43. The molecule has 0 saturated carbocycles. The van der Waals surface area contributed by atoms with Crippen LogP contribution >= 0.6 is 0 Å². The van der Waals surface area contributed by atoms with Gasteiger partial charge in [0, 0.05) is 0 Å². The third-order valence-corrected chi connectivity index (χ3v) is 5.56. The zero-order valence-corrected chi connectivity index (χ0v) is 9.83. The Hall–Kier alpha value is -0.930. The quantitative estimate of drug-likeness (QED) is 0.558. The third kappa shape index (κ3) is 1.56. The van der Waals surface area contributed by atoms with E-state index < -0.39 is 10.1 Å². The Morgan fingerprint density at radius 1 is 1.40 bits per heavy atom. The highest BCUT2D eigenvalue weighted by atomic mass is 32.3. The lowest BCUT2D eigenvalue weighted by Gasteiger charge is -2.40. The van der Waals surface area contributed by atoms with Gasteiger partial charge in [0.05, 0.1) is 0 Å². The lowest BCUT2D eigenvalue weighted by molar-refractivity contribution is 0.526. The van der Waals surface area contributed by atoms with Crippen LogP contribution in [0, 0.1) is 0 Å². The predicted molar refractivity (Wildman–Crippen MR) is 63.3 cm³/mol. The van der Waals surface area contributed by atoms with Gasteiger partial charge in [0.15, 0.2) is 6.04 Å². The van der Waals surface area contributed by atoms with E-state index in [9.17, 15) is 4.55 Å². The summed E-state index contributed by atoms with van der Waals surface area (Å²) in [4.78, 5) is 0.843. The molecule has 3 heteroatoms. The van der Waals surface area contributed by atoms with Crippen molar-refractivity contribution in [2.75, 3.05) is 0 Å². The molecular formula is C12H15NOS. The van der Waals surface area contributed by atoms with Crippen molar-refractivity contribution in [3.05, 3.63) is 42.5 Å². The topological polar surface area (TPSA) is 35.4 Å². The molecule has 0 radical (unpaired) electrons. The molecule has 1 aromatic carbocycles. The minimum atomic E-state index is -2.18. The maximum Gasteiger partial charge on any atom is 0.159 e. The molecule has 0 aliphatic carbocycles. The number of hydrogen-bond donors (Lipinski definition) is 0. The van der Waals surface area contributed by atoms with Crippen molar-refractivity contribution in [3.8, 4) is 0 Å². The van der Waals surface area contributed by atoms with E-state index in [2.05, 4.69) is 10.9 Å². The summed E-state index contributed by atoms with van der Waals surface area (Å²) >= 11 is 0. The standard InChI is InChI=1S/C12H15NOS/c1-9(2)12-10(3)15(14,13-12)11-7-5-4-6-8-11/h4-8,10,12H,1H2,2-3H3/t10-,12-,15?/m0/s1. The van der Waals surface area contributed by atoms with Gasteiger partial charge in [-0.3, -0.25) is 0 Å². The number of hydrogen-bond acceptors (Lipinski definition) is 2. The number of nitrogens with zero attached hydrogens (tertiary/aromatic N) is 1. The molecule has 0 N–H and O–H groups in total. The van der Waals surface area contributed by atoms with Crippen LogP contribution in [0.4, 0.5) is 0 Å². The van der Waals surface area contributed by atoms with E-state index in [0.29, 0.717) is 0 Å². The average molecular weight is 221 g/mol. The van der Waals surface area contributed by atoms with E-state index in [0.717, 1.165) is 10.5 Å². The molecule has 2 nitrogen and oxygen atoms in total. The lowest BCUT2D eigenvalue weighted by Crippen LogP contribution is -2.45. The summed E-state index contributed by atoms with van der Waals surface area (Å²) in [7, 11) is -2.18. The predicted octanol–water partition coefficient (Wildman–Crippen LogP) is 2.86. The SMILES string of the molecule is C=C(C)[C@@H]1N=[S+]([O-])(c2ccccc2)[C@H]1C. The van der Waals surface area contributed by atoms with Crippen LogP contribution in [-0.2, 0) is 10.1 Å². The summed E-state index contributed by atoms with van der Waals surface area (Å²) in [6.45, 7) is 7.79. The van der Waals surface area contributed by atoms with Crippen molar-refractivity contribution in [2.45, 2.75) is 30.0 Å². The third-order valence-electron chi connectivity index (χ3n) is 2.80. The normalized spacial score (nSPS) is 34.1. The molecule has 80 valence electrons. The van der Waals surface area contributed by atoms with E-state index in [1.807, 2.05) is 44.2 Å². The highest BCUT2D eigenvalue weighted by Crippen LogP contribution is 2.38. The Morgan fingerprint density at radius 2 is 2.00 bits per heavy atom. The summed E-state index contributed by atoms with van der Waals surface area (Å²) in [6, 6.07) is 9.56. The van der Waals surface area contributed by atoms with Crippen molar-refractivity contribution >= 4 is 10.1 Å². The molecule has 1 unspecified atom stereocenters. The second-order valence-electron chi connectivity index (χ2n) is 3.98. The Kier molecular flexibility index (Phi) is 2.52. The van der Waals surface area contributed by atoms with Crippen molar-refractivity contribution in [2.24, 2.45) is 4.36 Å². The molecule has 0 spiro atoms. The first kappa shape index (κ1) is 10.6. The Bertz CT molecular complexity index is 438. The van der Waals surface area contributed by atoms with E-state index >= 15 is 0 Å². The van der Waals surface area contributed by atoms with Crippen molar-refractivity contribution in [1.82, 2.24) is 0 Å². The average Bonchev–Trinajstić information content (AvgIpc) is 2.25. The second-order valence-corrected chi connectivity index (χ2v) is 6.55. The zero-order chi connectivity index (χ0) is 11.1. The molecule has 0 fully saturated rings. The van der Waals surface area contributed by atoms with Crippen LogP contribution in [0.1, 0.15) is 13.8 Å². The minimum absolute atomic E-state index is 0.0673. The molecule has 2 rings (SSSR count). The first-order valence-electron chi connectivity index (χ1n) is 5.01. The molecule has 0 saturated heterocycles. The minimum Gasteiger partial charge on any atom is -0.626 e. The van der Waals surface area contributed by atoms with Crippen LogP contribution in [-0.4, -0.2) is 15.8 Å². The van der Waals surface area contributed by atoms with E-state index in [1.54, 1.807) is 0 Å². The maximum absolute atomic E-state index is 12.5. The molecule has 0 amide bonds. The van der Waals surface area contributed by atoms with E-state index in [-0.39, 0.29) is 11.3 Å². The van der Waals surface area contributed by atoms with Gasteiger partial charge < -0.3 is 4.55 Å². The largest absolute Gasteiger partial charge is 0.626 e. The first-order valence-corrected chi connectivity index (χ1v) is 6.59. The fraction of sp³-hybridized carbons (Fsp3) is 0.333. The van der Waals surface area contributed by atoms with Gasteiger partial charge in [-0.25, -0.2) is 0 Å². The van der Waals surface area contributed by atoms with Crippen molar-refractivity contribution in [1.29, 1.82) is 0 Å². The summed E-state index contributed by atoms with van der Waals surface area (Å²) in [6.07, 6.45) is 0. The fourth-order valence-electron chi connectivity index (χ4n) is 1.85. The zero-order valence-electron chi connectivity index (χ0n) is 9.01. The molecule has 15 heavy (non-hydrogen) atoms. The van der Waals surface area contributed by atoms with Crippen LogP contribution in [0.15, 0.2) is 51.7 Å². The molecule has 0 bridgehead atoms. The molecule has 1 aromatic rings. The van der Waals surface area contributed by atoms with Gasteiger partial charge in [0.1, 0.15) is 10.1 Å². The molecule has 1 heterocycles. The lowest BCUT2D eigenvalue weighted by atomic mass is 10.1. The van der Waals surface area contributed by atoms with Gasteiger partial charge in [-0.1, -0.05) is 24.8 Å². The van der Waals surface area contributed by atoms with Gasteiger partial charge in [-0.15, -0.1) is 4.36 Å². The van der Waals surface area contributed by atoms with E-state index in [1.165, 1.54) is 0 Å². The van der Waals surface area contributed by atoms with Gasteiger partial charge in [-0.05, 0) is 41.7 Å². The first-order chi connectivity index (χ1) is 7.05. The van der Waals surface area contributed by atoms with Crippen LogP contribution in [0.3, 0.4) is 0 Å². The maximum atomic E-state index is 12.5. The molecular weight excluding hydrogens is 206 g/mol. The Labute approximate surface area is 91.9 Å². The highest BCUT2D eigenvalue weighted by molar-refractivity contribution is 8.01. The molecule has 1 aliphatic rings. The van der Waals surface area contributed by atoms with Crippen LogP contribution < -0.4 is 0 Å². The van der Waals surface area contributed by atoms with Gasteiger partial charge >= 0.3 is 0 Å². The monoisotopic (exact) mass is 221 g/mol. The van der Waals surface area contributed by atoms with Gasteiger partial charge in [0.2, 0.25) is 0 Å². The fourth-order valence-corrected chi connectivity index (χ4v) is 4.28. The molecule has 1 aliphatic heterocycles.